The second-order valence-electron chi connectivity index (χ2n) is 7.71. The van der Waals surface area contributed by atoms with E-state index in [1.54, 1.807) is 15.6 Å². The van der Waals surface area contributed by atoms with Crippen LogP contribution in [0, 0.1) is 6.92 Å². The lowest BCUT2D eigenvalue weighted by Gasteiger charge is -2.10. The van der Waals surface area contributed by atoms with Crippen molar-refractivity contribution in [2.24, 2.45) is 7.05 Å². The highest BCUT2D eigenvalue weighted by Gasteiger charge is 2.21. The fraction of sp³-hybridized carbons (Fsp3) is 0.304. The number of anilines is 2. The Morgan fingerprint density at radius 3 is 2.62 bits per heavy atom. The Labute approximate surface area is 185 Å². The molecule has 0 atom stereocenters. The minimum atomic E-state index is -0.338. The van der Waals surface area contributed by atoms with Crippen LogP contribution in [0.5, 0.6) is 0 Å². The number of amides is 2. The molecule has 3 N–H and O–H groups in total. The molecule has 2 amide bonds. The monoisotopic (exact) mass is 433 g/mol. The molecule has 9 heteroatoms. The molecule has 0 fully saturated rings. The molecule has 0 radical (unpaired) electrons. The Morgan fingerprint density at radius 1 is 1.09 bits per heavy atom. The summed E-state index contributed by atoms with van der Waals surface area (Å²) in [7, 11) is 1.81. The maximum absolute atomic E-state index is 12.9. The van der Waals surface area contributed by atoms with Crippen molar-refractivity contribution in [2.75, 3.05) is 10.6 Å². The number of nitrogens with zero attached hydrogens (tertiary/aromatic N) is 4. The number of nitrogens with one attached hydrogen (secondary N) is 3. The van der Waals surface area contributed by atoms with Gasteiger partial charge in [-0.15, -0.1) is 0 Å². The number of aromatic amines is 1. The fourth-order valence-corrected chi connectivity index (χ4v) is 3.75. The minimum Gasteiger partial charge on any atom is -0.361 e. The number of para-hydroxylation sites is 1. The van der Waals surface area contributed by atoms with Gasteiger partial charge in [-0.3, -0.25) is 19.0 Å². The summed E-state index contributed by atoms with van der Waals surface area (Å²) >= 11 is 0. The van der Waals surface area contributed by atoms with E-state index in [1.807, 2.05) is 45.3 Å². The molecule has 1 aromatic carbocycles. The molecule has 4 aromatic rings. The van der Waals surface area contributed by atoms with Gasteiger partial charge in [0.25, 0.3) is 5.91 Å². The summed E-state index contributed by atoms with van der Waals surface area (Å²) in [5.74, 6) is -0.485. The first kappa shape index (κ1) is 21.4. The molecule has 32 heavy (non-hydrogen) atoms. The highest BCUT2D eigenvalue weighted by Crippen LogP contribution is 2.21. The van der Waals surface area contributed by atoms with E-state index in [2.05, 4.69) is 31.9 Å². The second-order valence-corrected chi connectivity index (χ2v) is 7.71. The van der Waals surface area contributed by atoms with Crippen molar-refractivity contribution in [3.05, 3.63) is 59.8 Å². The van der Waals surface area contributed by atoms with Gasteiger partial charge < -0.3 is 15.6 Å². The number of hydrogen-bond acceptors (Lipinski definition) is 4. The molecule has 0 unspecified atom stereocenters. The van der Waals surface area contributed by atoms with Crippen LogP contribution in [0.4, 0.5) is 11.4 Å². The highest BCUT2D eigenvalue weighted by atomic mass is 16.2. The number of benzene rings is 1. The number of H-pyrrole nitrogens is 1. The van der Waals surface area contributed by atoms with Crippen molar-refractivity contribution in [3.8, 4) is 0 Å². The minimum absolute atomic E-state index is 0.146. The number of carbonyl (C=O) groups excluding carboxylic acids is 2. The Bertz CT molecular complexity index is 1260. The van der Waals surface area contributed by atoms with Crippen molar-refractivity contribution in [2.45, 2.75) is 39.7 Å². The third kappa shape index (κ3) is 4.27. The summed E-state index contributed by atoms with van der Waals surface area (Å²) in [6, 6.07) is 8.12. The van der Waals surface area contributed by atoms with Gasteiger partial charge >= 0.3 is 0 Å². The van der Waals surface area contributed by atoms with Gasteiger partial charge in [-0.1, -0.05) is 18.2 Å². The summed E-state index contributed by atoms with van der Waals surface area (Å²) in [6.07, 6.45) is 6.95. The summed E-state index contributed by atoms with van der Waals surface area (Å²) in [5.41, 5.74) is 4.47. The first-order valence-corrected chi connectivity index (χ1v) is 10.7. The quantitative estimate of drug-likeness (QED) is 0.394. The number of carbonyl (C=O) groups is 2. The smallest absolute Gasteiger partial charge is 0.276 e. The third-order valence-electron chi connectivity index (χ3n) is 5.64. The lowest BCUT2D eigenvalue weighted by atomic mass is 10.1. The van der Waals surface area contributed by atoms with Gasteiger partial charge in [-0.25, -0.2) is 0 Å². The van der Waals surface area contributed by atoms with Crippen molar-refractivity contribution in [1.82, 2.24) is 24.5 Å². The first-order valence-electron chi connectivity index (χ1n) is 10.7. The van der Waals surface area contributed by atoms with Crippen LogP contribution in [-0.2, 0) is 24.8 Å². The number of hydrogen-bond donors (Lipinski definition) is 3. The fourth-order valence-electron chi connectivity index (χ4n) is 3.75. The molecule has 4 rings (SSSR count). The molecule has 3 heterocycles. The van der Waals surface area contributed by atoms with E-state index in [0.717, 1.165) is 17.6 Å². The van der Waals surface area contributed by atoms with Crippen molar-refractivity contribution in [1.29, 1.82) is 0 Å². The number of aromatic nitrogens is 5. The third-order valence-corrected chi connectivity index (χ3v) is 5.64. The molecule has 0 aliphatic carbocycles. The molecule has 0 saturated carbocycles. The predicted molar refractivity (Wildman–Crippen MR) is 124 cm³/mol. The molecule has 0 saturated heterocycles. The van der Waals surface area contributed by atoms with Crippen LogP contribution in [0.3, 0.4) is 0 Å². The van der Waals surface area contributed by atoms with Gasteiger partial charge in [0, 0.05) is 37.1 Å². The lowest BCUT2D eigenvalue weighted by Crippen LogP contribution is -2.21. The molecule has 9 nitrogen and oxygen atoms in total. The Balaban J connectivity index is 1.40. The van der Waals surface area contributed by atoms with Crippen LogP contribution in [0.25, 0.3) is 10.9 Å². The molecule has 0 aliphatic heterocycles. The van der Waals surface area contributed by atoms with E-state index < -0.39 is 0 Å². The predicted octanol–water partition coefficient (Wildman–Crippen LogP) is 3.64. The average molecular weight is 434 g/mol. The standard InChI is InChI=1S/C23H27N7O2/c1-4-30-22(23(32)28-19-13-25-29(3)15(19)2)20(14-26-30)27-21(31)11-7-8-16-12-24-18-10-6-5-9-17(16)18/h5-6,9-10,12-14,24H,4,7-8,11H2,1-3H3,(H,27,31)(H,28,32). The van der Waals surface area contributed by atoms with Crippen LogP contribution < -0.4 is 10.6 Å². The zero-order valence-electron chi connectivity index (χ0n) is 18.5. The maximum atomic E-state index is 12.9. The van der Waals surface area contributed by atoms with Gasteiger partial charge in [-0.05, 0) is 38.3 Å². The van der Waals surface area contributed by atoms with Crippen molar-refractivity contribution >= 4 is 34.1 Å². The van der Waals surface area contributed by atoms with Crippen molar-refractivity contribution < 1.29 is 9.59 Å². The second kappa shape index (κ2) is 9.09. The van der Waals surface area contributed by atoms with Crippen LogP contribution in [0.15, 0.2) is 42.9 Å². The Morgan fingerprint density at radius 2 is 1.88 bits per heavy atom. The van der Waals surface area contributed by atoms with E-state index >= 15 is 0 Å². The molecular weight excluding hydrogens is 406 g/mol. The van der Waals surface area contributed by atoms with E-state index in [0.29, 0.717) is 36.5 Å². The van der Waals surface area contributed by atoms with E-state index in [-0.39, 0.29) is 11.8 Å². The SMILES string of the molecule is CCn1ncc(NC(=O)CCCc2c[nH]c3ccccc23)c1C(=O)Nc1cnn(C)c1C. The van der Waals surface area contributed by atoms with E-state index in [4.69, 9.17) is 0 Å². The average Bonchev–Trinajstić information content (AvgIpc) is 3.47. The summed E-state index contributed by atoms with van der Waals surface area (Å²) in [4.78, 5) is 28.8. The van der Waals surface area contributed by atoms with Crippen molar-refractivity contribution in [3.63, 3.8) is 0 Å². The zero-order chi connectivity index (χ0) is 22.7. The summed E-state index contributed by atoms with van der Waals surface area (Å²) in [6.45, 7) is 4.27. The van der Waals surface area contributed by atoms with Crippen LogP contribution >= 0.6 is 0 Å². The van der Waals surface area contributed by atoms with Crippen LogP contribution in [0.1, 0.15) is 41.5 Å². The summed E-state index contributed by atoms with van der Waals surface area (Å²) in [5, 5.41) is 15.3. The van der Waals surface area contributed by atoms with Gasteiger partial charge in [0.2, 0.25) is 5.91 Å². The van der Waals surface area contributed by atoms with Gasteiger partial charge in [0.15, 0.2) is 0 Å². The highest BCUT2D eigenvalue weighted by molar-refractivity contribution is 6.09. The summed E-state index contributed by atoms with van der Waals surface area (Å²) < 4.78 is 3.26. The number of aryl methyl sites for hydroxylation is 3. The maximum Gasteiger partial charge on any atom is 0.276 e. The van der Waals surface area contributed by atoms with Gasteiger partial charge in [0.1, 0.15) is 5.69 Å². The van der Waals surface area contributed by atoms with E-state index in [9.17, 15) is 9.59 Å². The topological polar surface area (TPSA) is 110 Å². The molecule has 0 aliphatic rings. The molecule has 166 valence electrons. The normalized spacial score (nSPS) is 11.1. The first-order chi connectivity index (χ1) is 15.5. The number of fused-ring (bicyclic) bond motifs is 1. The Kier molecular flexibility index (Phi) is 6.07. The molecule has 0 bridgehead atoms. The Hall–Kier alpha value is -3.88. The molecular formula is C23H27N7O2. The molecule has 0 spiro atoms. The van der Waals surface area contributed by atoms with Gasteiger partial charge in [0.05, 0.1) is 29.5 Å². The van der Waals surface area contributed by atoms with E-state index in [1.165, 1.54) is 17.1 Å². The number of rotatable bonds is 8. The zero-order valence-corrected chi connectivity index (χ0v) is 18.5. The largest absolute Gasteiger partial charge is 0.361 e. The van der Waals surface area contributed by atoms with Gasteiger partial charge in [-0.2, -0.15) is 10.2 Å². The van der Waals surface area contributed by atoms with Crippen LogP contribution in [0.2, 0.25) is 0 Å². The molecule has 3 aromatic heterocycles. The lowest BCUT2D eigenvalue weighted by molar-refractivity contribution is -0.116. The van der Waals surface area contributed by atoms with Crippen LogP contribution in [-0.4, -0.2) is 36.4 Å².